The van der Waals surface area contributed by atoms with Crippen LogP contribution in [0.5, 0.6) is 0 Å². The molecule has 1 fully saturated rings. The van der Waals surface area contributed by atoms with Gasteiger partial charge in [0.25, 0.3) is 5.91 Å². The molecular formula is C17H23N3O3S. The summed E-state index contributed by atoms with van der Waals surface area (Å²) in [7, 11) is 3.57. The smallest absolute Gasteiger partial charge is 0.255 e. The molecule has 7 heteroatoms. The van der Waals surface area contributed by atoms with Crippen LogP contribution in [0.4, 0.5) is 0 Å². The number of likely N-dealkylation sites (tertiary alicyclic amines) is 1. The molecule has 0 aliphatic carbocycles. The van der Waals surface area contributed by atoms with Crippen molar-refractivity contribution >= 4 is 17.2 Å². The van der Waals surface area contributed by atoms with E-state index in [0.717, 1.165) is 30.5 Å². The Hall–Kier alpha value is -1.70. The summed E-state index contributed by atoms with van der Waals surface area (Å²) in [6, 6.07) is 1.91. The number of hydrogen-bond donors (Lipinski definition) is 0. The molecule has 0 spiro atoms. The molecule has 2 atom stereocenters. The molecule has 6 nitrogen and oxygen atoms in total. The number of ether oxygens (including phenoxy) is 2. The van der Waals surface area contributed by atoms with Crippen molar-refractivity contribution in [2.24, 2.45) is 7.05 Å². The Morgan fingerprint density at radius 3 is 3.00 bits per heavy atom. The largest absolute Gasteiger partial charge is 0.382 e. The molecule has 0 bridgehead atoms. The van der Waals surface area contributed by atoms with Crippen LogP contribution in [-0.4, -0.2) is 59.6 Å². The monoisotopic (exact) mass is 349 g/mol. The van der Waals surface area contributed by atoms with E-state index in [-0.39, 0.29) is 18.1 Å². The summed E-state index contributed by atoms with van der Waals surface area (Å²) < 4.78 is 12.9. The van der Waals surface area contributed by atoms with Crippen LogP contribution in [0, 0.1) is 0 Å². The molecule has 130 valence electrons. The third-order valence-corrected chi connectivity index (χ3v) is 5.02. The fourth-order valence-corrected chi connectivity index (χ4v) is 3.80. The van der Waals surface area contributed by atoms with E-state index in [4.69, 9.17) is 9.47 Å². The number of methoxy groups -OCH3 is 1. The normalized spacial score (nSPS) is 20.7. The van der Waals surface area contributed by atoms with E-state index in [2.05, 4.69) is 5.10 Å². The van der Waals surface area contributed by atoms with Crippen molar-refractivity contribution in [3.63, 3.8) is 0 Å². The lowest BCUT2D eigenvalue weighted by molar-refractivity contribution is 0.000500. The Bertz CT molecular complexity index is 656. The first-order chi connectivity index (χ1) is 11.7. The number of carbonyl (C=O) groups is 1. The molecule has 1 aliphatic rings. The van der Waals surface area contributed by atoms with Crippen LogP contribution < -0.4 is 0 Å². The highest BCUT2D eigenvalue weighted by atomic mass is 32.1. The first-order valence-corrected chi connectivity index (χ1v) is 9.04. The lowest BCUT2D eigenvalue weighted by Gasteiger charge is -2.28. The molecule has 2 aromatic heterocycles. The van der Waals surface area contributed by atoms with E-state index < -0.39 is 0 Å². The van der Waals surface area contributed by atoms with Gasteiger partial charge in [-0.3, -0.25) is 9.48 Å². The minimum atomic E-state index is 0.0263. The van der Waals surface area contributed by atoms with Gasteiger partial charge in [-0.05, 0) is 29.9 Å². The lowest BCUT2D eigenvalue weighted by Crippen LogP contribution is -2.42. The molecule has 0 radical (unpaired) electrons. The van der Waals surface area contributed by atoms with E-state index in [1.807, 2.05) is 41.2 Å². The third kappa shape index (κ3) is 3.85. The summed E-state index contributed by atoms with van der Waals surface area (Å²) in [4.78, 5) is 14.8. The SMILES string of the molecule is COCCO[C@@H]1CCN(C(=O)c2ccsc2)[C@@H]1Cc1cnn(C)c1. The van der Waals surface area contributed by atoms with Crippen LogP contribution in [0.3, 0.4) is 0 Å². The molecule has 0 unspecified atom stereocenters. The van der Waals surface area contributed by atoms with Gasteiger partial charge in [0.15, 0.2) is 0 Å². The summed E-state index contributed by atoms with van der Waals surface area (Å²) >= 11 is 1.54. The quantitative estimate of drug-likeness (QED) is 0.717. The zero-order chi connectivity index (χ0) is 16.9. The molecular weight excluding hydrogens is 326 g/mol. The molecule has 1 saturated heterocycles. The minimum absolute atomic E-state index is 0.0263. The highest BCUT2D eigenvalue weighted by Crippen LogP contribution is 2.26. The van der Waals surface area contributed by atoms with Gasteiger partial charge in [-0.25, -0.2) is 0 Å². The van der Waals surface area contributed by atoms with Crippen molar-refractivity contribution in [1.29, 1.82) is 0 Å². The molecule has 0 aromatic carbocycles. The first kappa shape index (κ1) is 17.1. The number of thiophene rings is 1. The predicted molar refractivity (Wildman–Crippen MR) is 92.3 cm³/mol. The van der Waals surface area contributed by atoms with E-state index in [1.165, 1.54) is 0 Å². The van der Waals surface area contributed by atoms with Gasteiger partial charge in [-0.2, -0.15) is 16.4 Å². The van der Waals surface area contributed by atoms with Gasteiger partial charge in [-0.1, -0.05) is 0 Å². The second kappa shape index (κ2) is 7.92. The summed E-state index contributed by atoms with van der Waals surface area (Å²) in [6.45, 7) is 1.83. The average molecular weight is 349 g/mol. The molecule has 1 aliphatic heterocycles. The molecule has 24 heavy (non-hydrogen) atoms. The van der Waals surface area contributed by atoms with Gasteiger partial charge >= 0.3 is 0 Å². The van der Waals surface area contributed by atoms with Gasteiger partial charge in [0.05, 0.1) is 37.1 Å². The summed E-state index contributed by atoms with van der Waals surface area (Å²) in [5.74, 6) is 0.0861. The molecule has 2 aromatic rings. The van der Waals surface area contributed by atoms with Crippen molar-refractivity contribution in [1.82, 2.24) is 14.7 Å². The van der Waals surface area contributed by atoms with E-state index >= 15 is 0 Å². The maximum atomic E-state index is 12.8. The van der Waals surface area contributed by atoms with E-state index in [0.29, 0.717) is 13.2 Å². The topological polar surface area (TPSA) is 56.6 Å². The third-order valence-electron chi connectivity index (χ3n) is 4.34. The highest BCUT2D eigenvalue weighted by Gasteiger charge is 2.38. The number of amides is 1. The van der Waals surface area contributed by atoms with Crippen LogP contribution in [0.2, 0.25) is 0 Å². The van der Waals surface area contributed by atoms with Crippen molar-refractivity contribution in [2.45, 2.75) is 25.0 Å². The number of aromatic nitrogens is 2. The van der Waals surface area contributed by atoms with Gasteiger partial charge in [-0.15, -0.1) is 0 Å². The number of hydrogen-bond acceptors (Lipinski definition) is 5. The Balaban J connectivity index is 1.75. The van der Waals surface area contributed by atoms with E-state index in [1.54, 1.807) is 23.1 Å². The summed E-state index contributed by atoms with van der Waals surface area (Å²) in [6.07, 6.45) is 5.49. The molecule has 0 saturated carbocycles. The molecule has 0 N–H and O–H groups in total. The summed E-state index contributed by atoms with van der Waals surface area (Å²) in [5.41, 5.74) is 1.88. The Labute approximate surface area is 146 Å². The van der Waals surface area contributed by atoms with Gasteiger partial charge in [0.2, 0.25) is 0 Å². The Kier molecular flexibility index (Phi) is 5.65. The van der Waals surface area contributed by atoms with Crippen LogP contribution in [-0.2, 0) is 22.9 Å². The minimum Gasteiger partial charge on any atom is -0.382 e. The van der Waals surface area contributed by atoms with Gasteiger partial charge in [0, 0.05) is 32.3 Å². The summed E-state index contributed by atoms with van der Waals surface area (Å²) in [5, 5.41) is 8.07. The predicted octanol–water partition coefficient (Wildman–Crippen LogP) is 1.97. The van der Waals surface area contributed by atoms with Gasteiger partial charge < -0.3 is 14.4 Å². The molecule has 3 rings (SSSR count). The molecule has 1 amide bonds. The van der Waals surface area contributed by atoms with E-state index in [9.17, 15) is 4.79 Å². The van der Waals surface area contributed by atoms with Crippen LogP contribution in [0.15, 0.2) is 29.2 Å². The van der Waals surface area contributed by atoms with Crippen LogP contribution >= 0.6 is 11.3 Å². The zero-order valence-electron chi connectivity index (χ0n) is 14.1. The maximum Gasteiger partial charge on any atom is 0.255 e. The average Bonchev–Trinajstić information content (AvgIpc) is 3.30. The number of nitrogens with zero attached hydrogens (tertiary/aromatic N) is 3. The Morgan fingerprint density at radius 2 is 2.33 bits per heavy atom. The van der Waals surface area contributed by atoms with Crippen molar-refractivity contribution in [3.05, 3.63) is 40.3 Å². The second-order valence-electron chi connectivity index (χ2n) is 6.00. The van der Waals surface area contributed by atoms with Gasteiger partial charge in [0.1, 0.15) is 0 Å². The van der Waals surface area contributed by atoms with Crippen molar-refractivity contribution < 1.29 is 14.3 Å². The van der Waals surface area contributed by atoms with Crippen molar-refractivity contribution in [2.75, 3.05) is 26.9 Å². The number of aryl methyl sites for hydroxylation is 1. The fraction of sp³-hybridized carbons (Fsp3) is 0.529. The first-order valence-electron chi connectivity index (χ1n) is 8.10. The van der Waals surface area contributed by atoms with Crippen LogP contribution in [0.25, 0.3) is 0 Å². The lowest BCUT2D eigenvalue weighted by atomic mass is 10.0. The standard InChI is InChI=1S/C17H23N3O3S/c1-19-11-13(10-18-19)9-15-16(23-7-6-22-2)3-5-20(15)17(21)14-4-8-24-12-14/h4,8,10-12,15-16H,3,5-7,9H2,1-2H3/t15-,16-/m1/s1. The second-order valence-corrected chi connectivity index (χ2v) is 6.78. The van der Waals surface area contributed by atoms with Crippen LogP contribution in [0.1, 0.15) is 22.3 Å². The Morgan fingerprint density at radius 1 is 1.46 bits per heavy atom. The van der Waals surface area contributed by atoms with Crippen molar-refractivity contribution in [3.8, 4) is 0 Å². The maximum absolute atomic E-state index is 12.8. The number of carbonyl (C=O) groups excluding carboxylic acids is 1. The highest BCUT2D eigenvalue weighted by molar-refractivity contribution is 7.08. The number of rotatable bonds is 7. The molecule has 3 heterocycles. The zero-order valence-corrected chi connectivity index (χ0v) is 14.9. The fourth-order valence-electron chi connectivity index (χ4n) is 3.17.